The highest BCUT2D eigenvalue weighted by molar-refractivity contribution is 5.80. The predicted octanol–water partition coefficient (Wildman–Crippen LogP) is -0.562. The normalized spacial score (nSPS) is 11.7. The molecular weight excluding hydrogens is 264 g/mol. The molecule has 0 aliphatic carbocycles. The van der Waals surface area contributed by atoms with Gasteiger partial charge in [-0.05, 0) is 0 Å². The number of H-pyrrole nitrogens is 1. The lowest BCUT2D eigenvalue weighted by Crippen LogP contribution is -2.39. The average Bonchev–Trinajstić information content (AvgIpc) is 2.79. The maximum absolute atomic E-state index is 11.7. The molecule has 0 aliphatic heterocycles. The minimum Gasteiger partial charge on any atom is -0.481 e. The third-order valence-corrected chi connectivity index (χ3v) is 2.53. The van der Waals surface area contributed by atoms with Crippen molar-refractivity contribution in [1.82, 2.24) is 20.6 Å². The number of nitrogens with one attached hydrogen (secondary N) is 3. The van der Waals surface area contributed by atoms with Gasteiger partial charge in [-0.2, -0.15) is 0 Å². The molecule has 110 valence electrons. The first-order valence-corrected chi connectivity index (χ1v) is 6.20. The van der Waals surface area contributed by atoms with Crippen molar-refractivity contribution in [3.63, 3.8) is 0 Å². The van der Waals surface area contributed by atoms with E-state index in [9.17, 15) is 14.4 Å². The molecular formula is C12H18N4O4. The Bertz CT molecular complexity index is 442. The summed E-state index contributed by atoms with van der Waals surface area (Å²) in [7, 11) is 0. The van der Waals surface area contributed by atoms with Gasteiger partial charge in [0.1, 0.15) is 0 Å². The SMILES string of the molecule is CC(=O)NC(CC(=O)O)CC(=O)NCCc1cnc[nH]1. The fourth-order valence-corrected chi connectivity index (χ4v) is 1.73. The molecule has 1 atom stereocenters. The molecule has 2 amide bonds. The molecule has 20 heavy (non-hydrogen) atoms. The second-order valence-electron chi connectivity index (χ2n) is 4.38. The van der Waals surface area contributed by atoms with Gasteiger partial charge < -0.3 is 20.7 Å². The average molecular weight is 282 g/mol. The van der Waals surface area contributed by atoms with Crippen molar-refractivity contribution in [1.29, 1.82) is 0 Å². The minimum atomic E-state index is -1.06. The van der Waals surface area contributed by atoms with Crippen molar-refractivity contribution in [3.05, 3.63) is 18.2 Å². The highest BCUT2D eigenvalue weighted by Gasteiger charge is 2.17. The Morgan fingerprint density at radius 3 is 2.70 bits per heavy atom. The third-order valence-electron chi connectivity index (χ3n) is 2.53. The zero-order chi connectivity index (χ0) is 15.0. The summed E-state index contributed by atoms with van der Waals surface area (Å²) in [5.41, 5.74) is 0.897. The van der Waals surface area contributed by atoms with Gasteiger partial charge in [-0.1, -0.05) is 0 Å². The Hall–Kier alpha value is -2.38. The van der Waals surface area contributed by atoms with Crippen LogP contribution < -0.4 is 10.6 Å². The van der Waals surface area contributed by atoms with E-state index in [1.165, 1.54) is 6.92 Å². The molecule has 0 fully saturated rings. The molecule has 8 heteroatoms. The fraction of sp³-hybridized carbons (Fsp3) is 0.500. The standard InChI is InChI=1S/C12H18N4O4/c1-8(17)16-10(5-12(19)20)4-11(18)14-3-2-9-6-13-7-15-9/h6-7,10H,2-5H2,1H3,(H,13,15)(H,14,18)(H,16,17)(H,19,20). The molecule has 1 unspecified atom stereocenters. The summed E-state index contributed by atoms with van der Waals surface area (Å²) in [6.07, 6.45) is 3.48. The molecule has 0 saturated carbocycles. The first-order chi connectivity index (χ1) is 9.47. The smallest absolute Gasteiger partial charge is 0.305 e. The molecule has 1 aromatic heterocycles. The van der Waals surface area contributed by atoms with Gasteiger partial charge in [-0.15, -0.1) is 0 Å². The molecule has 8 nitrogen and oxygen atoms in total. The van der Waals surface area contributed by atoms with E-state index in [1.807, 2.05) is 0 Å². The number of carboxylic acid groups (broad SMARTS) is 1. The summed E-state index contributed by atoms with van der Waals surface area (Å²) in [5.74, 6) is -1.72. The Morgan fingerprint density at radius 1 is 1.40 bits per heavy atom. The molecule has 1 rings (SSSR count). The zero-order valence-electron chi connectivity index (χ0n) is 11.2. The van der Waals surface area contributed by atoms with Crippen LogP contribution in [-0.4, -0.2) is 45.4 Å². The van der Waals surface area contributed by atoms with Crippen molar-refractivity contribution in [2.75, 3.05) is 6.54 Å². The van der Waals surface area contributed by atoms with Crippen LogP contribution in [0, 0.1) is 0 Å². The van der Waals surface area contributed by atoms with Gasteiger partial charge in [0.2, 0.25) is 11.8 Å². The number of carboxylic acids is 1. The summed E-state index contributed by atoms with van der Waals surface area (Å²) in [4.78, 5) is 40.0. The summed E-state index contributed by atoms with van der Waals surface area (Å²) >= 11 is 0. The van der Waals surface area contributed by atoms with Crippen molar-refractivity contribution < 1.29 is 19.5 Å². The van der Waals surface area contributed by atoms with Crippen LogP contribution in [0.4, 0.5) is 0 Å². The number of rotatable bonds is 8. The molecule has 0 aromatic carbocycles. The lowest BCUT2D eigenvalue weighted by Gasteiger charge is -2.15. The van der Waals surface area contributed by atoms with E-state index in [4.69, 9.17) is 5.11 Å². The van der Waals surface area contributed by atoms with Gasteiger partial charge >= 0.3 is 5.97 Å². The lowest BCUT2D eigenvalue weighted by atomic mass is 10.1. The number of aromatic nitrogens is 2. The molecule has 0 aliphatic rings. The topological polar surface area (TPSA) is 124 Å². The predicted molar refractivity (Wildman–Crippen MR) is 69.8 cm³/mol. The summed E-state index contributed by atoms with van der Waals surface area (Å²) in [6.45, 7) is 1.70. The molecule has 4 N–H and O–H groups in total. The van der Waals surface area contributed by atoms with Crippen LogP contribution in [0.2, 0.25) is 0 Å². The number of amides is 2. The van der Waals surface area contributed by atoms with Gasteiger partial charge in [-0.25, -0.2) is 4.98 Å². The van der Waals surface area contributed by atoms with Crippen LogP contribution in [0.15, 0.2) is 12.5 Å². The van der Waals surface area contributed by atoms with Crippen LogP contribution in [0.25, 0.3) is 0 Å². The number of imidazole rings is 1. The van der Waals surface area contributed by atoms with Crippen molar-refractivity contribution in [2.24, 2.45) is 0 Å². The number of aliphatic carboxylic acids is 1. The van der Waals surface area contributed by atoms with Crippen molar-refractivity contribution in [3.8, 4) is 0 Å². The molecule has 1 aromatic rings. The zero-order valence-corrected chi connectivity index (χ0v) is 11.2. The Morgan fingerprint density at radius 2 is 2.15 bits per heavy atom. The van der Waals surface area contributed by atoms with E-state index in [2.05, 4.69) is 20.6 Å². The summed E-state index contributed by atoms with van der Waals surface area (Å²) in [5, 5.41) is 13.8. The van der Waals surface area contributed by atoms with Crippen LogP contribution in [0.5, 0.6) is 0 Å². The number of hydrogen-bond donors (Lipinski definition) is 4. The Kier molecular flexibility index (Phi) is 6.21. The summed E-state index contributed by atoms with van der Waals surface area (Å²) in [6, 6.07) is -0.697. The highest BCUT2D eigenvalue weighted by Crippen LogP contribution is 1.99. The van der Waals surface area contributed by atoms with Crippen LogP contribution in [-0.2, 0) is 20.8 Å². The van der Waals surface area contributed by atoms with Gasteiger partial charge in [0.05, 0.1) is 12.7 Å². The van der Waals surface area contributed by atoms with E-state index >= 15 is 0 Å². The first kappa shape index (κ1) is 15.7. The van der Waals surface area contributed by atoms with E-state index in [0.717, 1.165) is 5.69 Å². The molecule has 0 radical (unpaired) electrons. The molecule has 0 bridgehead atoms. The number of carbonyl (C=O) groups excluding carboxylic acids is 2. The third kappa shape index (κ3) is 6.53. The van der Waals surface area contributed by atoms with Crippen LogP contribution in [0.1, 0.15) is 25.5 Å². The van der Waals surface area contributed by atoms with Gasteiger partial charge in [0.25, 0.3) is 0 Å². The summed E-state index contributed by atoms with van der Waals surface area (Å²) < 4.78 is 0. The first-order valence-electron chi connectivity index (χ1n) is 6.20. The van der Waals surface area contributed by atoms with Gasteiger partial charge in [0, 0.05) is 44.2 Å². The monoisotopic (exact) mass is 282 g/mol. The van der Waals surface area contributed by atoms with E-state index < -0.39 is 12.0 Å². The van der Waals surface area contributed by atoms with Crippen molar-refractivity contribution in [2.45, 2.75) is 32.2 Å². The van der Waals surface area contributed by atoms with E-state index in [1.54, 1.807) is 12.5 Å². The maximum atomic E-state index is 11.7. The van der Waals surface area contributed by atoms with Crippen molar-refractivity contribution >= 4 is 17.8 Å². The van der Waals surface area contributed by atoms with E-state index in [-0.39, 0.29) is 24.7 Å². The molecule has 0 saturated heterocycles. The number of carbonyl (C=O) groups is 3. The van der Waals surface area contributed by atoms with Gasteiger partial charge in [-0.3, -0.25) is 14.4 Å². The van der Waals surface area contributed by atoms with Crippen LogP contribution >= 0.6 is 0 Å². The second-order valence-corrected chi connectivity index (χ2v) is 4.38. The molecule has 1 heterocycles. The number of aromatic amines is 1. The quantitative estimate of drug-likeness (QED) is 0.508. The molecule has 0 spiro atoms. The number of nitrogens with zero attached hydrogens (tertiary/aromatic N) is 1. The Balaban J connectivity index is 2.32. The largest absolute Gasteiger partial charge is 0.481 e. The lowest BCUT2D eigenvalue weighted by molar-refractivity contribution is -0.137. The van der Waals surface area contributed by atoms with E-state index in [0.29, 0.717) is 13.0 Å². The maximum Gasteiger partial charge on any atom is 0.305 e. The Labute approximate surface area is 116 Å². The minimum absolute atomic E-state index is 0.0607. The fourth-order valence-electron chi connectivity index (χ4n) is 1.73. The second kappa shape index (κ2) is 7.93. The highest BCUT2D eigenvalue weighted by atomic mass is 16.4. The van der Waals surface area contributed by atoms with Gasteiger partial charge in [0.15, 0.2) is 0 Å². The van der Waals surface area contributed by atoms with Crippen LogP contribution in [0.3, 0.4) is 0 Å². The number of hydrogen-bond acceptors (Lipinski definition) is 4.